The summed E-state index contributed by atoms with van der Waals surface area (Å²) in [5.41, 5.74) is 3.68. The second-order valence-electron chi connectivity index (χ2n) is 6.90. The number of aromatic nitrogens is 1. The van der Waals surface area contributed by atoms with Crippen molar-refractivity contribution >= 4 is 17.3 Å². The molecule has 0 fully saturated rings. The average Bonchev–Trinajstić information content (AvgIpc) is 2.90. The zero-order valence-corrected chi connectivity index (χ0v) is 14.6. The summed E-state index contributed by atoms with van der Waals surface area (Å²) in [6.45, 7) is 7.39. The number of amides is 1. The van der Waals surface area contributed by atoms with Gasteiger partial charge in [-0.05, 0) is 49.4 Å². The van der Waals surface area contributed by atoms with Crippen molar-refractivity contribution in [2.45, 2.75) is 39.7 Å². The van der Waals surface area contributed by atoms with Crippen LogP contribution in [-0.4, -0.2) is 23.5 Å². The number of rotatable bonds is 5. The molecule has 4 nitrogen and oxygen atoms in total. The Morgan fingerprint density at radius 2 is 2.12 bits per heavy atom. The van der Waals surface area contributed by atoms with Crippen molar-refractivity contribution in [1.29, 1.82) is 0 Å². The Morgan fingerprint density at radius 1 is 1.33 bits per heavy atom. The standard InChI is InChI=1S/C20H25N3O/c1-14(2)8-10-21-17-9-11-22-18(13-17)20(24)23-15(3)12-16-6-4-5-7-19(16)23/h4-7,9,11,13-15H,8,10,12H2,1-3H3,(H,21,22). The fourth-order valence-corrected chi connectivity index (χ4v) is 3.16. The summed E-state index contributed by atoms with van der Waals surface area (Å²) in [5.74, 6) is 0.627. The van der Waals surface area contributed by atoms with Gasteiger partial charge in [0.25, 0.3) is 5.91 Å². The van der Waals surface area contributed by atoms with Crippen molar-refractivity contribution in [3.63, 3.8) is 0 Å². The van der Waals surface area contributed by atoms with Crippen LogP contribution in [0.25, 0.3) is 0 Å². The largest absolute Gasteiger partial charge is 0.385 e. The van der Waals surface area contributed by atoms with Crippen LogP contribution in [0.5, 0.6) is 0 Å². The molecule has 0 spiro atoms. The summed E-state index contributed by atoms with van der Waals surface area (Å²) in [4.78, 5) is 19.2. The Labute approximate surface area is 143 Å². The van der Waals surface area contributed by atoms with E-state index in [0.717, 1.165) is 30.8 Å². The van der Waals surface area contributed by atoms with Crippen LogP contribution in [-0.2, 0) is 6.42 Å². The number of nitrogens with zero attached hydrogens (tertiary/aromatic N) is 2. The number of carbonyl (C=O) groups is 1. The Balaban J connectivity index is 1.78. The minimum atomic E-state index is -0.0278. The van der Waals surface area contributed by atoms with E-state index < -0.39 is 0 Å². The van der Waals surface area contributed by atoms with Crippen LogP contribution in [0.2, 0.25) is 0 Å². The van der Waals surface area contributed by atoms with Crippen molar-refractivity contribution in [3.8, 4) is 0 Å². The molecule has 1 N–H and O–H groups in total. The topological polar surface area (TPSA) is 45.2 Å². The first-order valence-corrected chi connectivity index (χ1v) is 8.67. The van der Waals surface area contributed by atoms with E-state index in [1.165, 1.54) is 5.56 Å². The highest BCUT2D eigenvalue weighted by Crippen LogP contribution is 2.32. The molecule has 24 heavy (non-hydrogen) atoms. The highest BCUT2D eigenvalue weighted by molar-refractivity contribution is 6.06. The van der Waals surface area contributed by atoms with E-state index in [0.29, 0.717) is 11.6 Å². The van der Waals surface area contributed by atoms with E-state index in [-0.39, 0.29) is 11.9 Å². The number of carbonyl (C=O) groups excluding carboxylic acids is 1. The molecule has 0 bridgehead atoms. The summed E-state index contributed by atoms with van der Waals surface area (Å²) in [5, 5.41) is 3.38. The highest BCUT2D eigenvalue weighted by Gasteiger charge is 2.31. The number of hydrogen-bond donors (Lipinski definition) is 1. The van der Waals surface area contributed by atoms with Crippen molar-refractivity contribution < 1.29 is 4.79 Å². The molecule has 1 aliphatic rings. The molecule has 2 aromatic rings. The summed E-state index contributed by atoms with van der Waals surface area (Å²) < 4.78 is 0. The minimum absolute atomic E-state index is 0.0278. The van der Waals surface area contributed by atoms with Gasteiger partial charge in [0.05, 0.1) is 0 Å². The number of nitrogens with one attached hydrogen (secondary N) is 1. The van der Waals surface area contributed by atoms with Gasteiger partial charge < -0.3 is 10.2 Å². The van der Waals surface area contributed by atoms with Gasteiger partial charge in [0.1, 0.15) is 5.69 Å². The molecule has 1 aliphatic heterocycles. The molecule has 0 saturated heterocycles. The van der Waals surface area contributed by atoms with Crippen LogP contribution in [0.4, 0.5) is 11.4 Å². The van der Waals surface area contributed by atoms with Gasteiger partial charge in [-0.25, -0.2) is 0 Å². The van der Waals surface area contributed by atoms with Crippen molar-refractivity contribution in [3.05, 3.63) is 53.9 Å². The number of pyridine rings is 1. The lowest BCUT2D eigenvalue weighted by Crippen LogP contribution is -2.36. The number of fused-ring (bicyclic) bond motifs is 1. The van der Waals surface area contributed by atoms with Gasteiger partial charge in [-0.2, -0.15) is 0 Å². The smallest absolute Gasteiger partial charge is 0.277 e. The molecule has 3 rings (SSSR count). The molecule has 1 aromatic heterocycles. The summed E-state index contributed by atoms with van der Waals surface area (Å²) in [6, 6.07) is 12.0. The van der Waals surface area contributed by atoms with E-state index in [9.17, 15) is 4.79 Å². The molecule has 0 saturated carbocycles. The van der Waals surface area contributed by atoms with Gasteiger partial charge in [0.2, 0.25) is 0 Å². The monoisotopic (exact) mass is 323 g/mol. The van der Waals surface area contributed by atoms with Gasteiger partial charge in [-0.15, -0.1) is 0 Å². The predicted octanol–water partition coefficient (Wildman–Crippen LogP) is 4.13. The van der Waals surface area contributed by atoms with E-state index in [1.54, 1.807) is 6.20 Å². The molecule has 0 radical (unpaired) electrons. The zero-order chi connectivity index (χ0) is 17.1. The van der Waals surface area contributed by atoms with E-state index in [1.807, 2.05) is 35.2 Å². The SMILES string of the molecule is CC(C)CCNc1ccnc(C(=O)N2c3ccccc3CC2C)c1. The lowest BCUT2D eigenvalue weighted by atomic mass is 10.1. The summed E-state index contributed by atoms with van der Waals surface area (Å²) in [6.07, 6.45) is 3.70. The molecule has 1 unspecified atom stereocenters. The molecule has 4 heteroatoms. The molecule has 1 aromatic carbocycles. The minimum Gasteiger partial charge on any atom is -0.385 e. The molecular formula is C20H25N3O. The zero-order valence-electron chi connectivity index (χ0n) is 14.6. The Morgan fingerprint density at radius 3 is 2.92 bits per heavy atom. The number of para-hydroxylation sites is 1. The Kier molecular flexibility index (Phi) is 4.84. The first kappa shape index (κ1) is 16.5. The average molecular weight is 323 g/mol. The number of benzene rings is 1. The molecule has 2 heterocycles. The van der Waals surface area contributed by atoms with Gasteiger partial charge in [-0.3, -0.25) is 9.78 Å². The molecule has 0 aliphatic carbocycles. The van der Waals surface area contributed by atoms with Crippen LogP contribution >= 0.6 is 0 Å². The lowest BCUT2D eigenvalue weighted by molar-refractivity contribution is 0.0976. The van der Waals surface area contributed by atoms with Crippen LogP contribution < -0.4 is 10.2 Å². The maximum atomic E-state index is 13.0. The molecular weight excluding hydrogens is 298 g/mol. The van der Waals surface area contributed by atoms with E-state index in [2.05, 4.69) is 37.1 Å². The first-order chi connectivity index (χ1) is 11.6. The normalized spacial score (nSPS) is 16.3. The van der Waals surface area contributed by atoms with E-state index in [4.69, 9.17) is 0 Å². The third kappa shape index (κ3) is 3.42. The summed E-state index contributed by atoms with van der Waals surface area (Å²) in [7, 11) is 0. The second kappa shape index (κ2) is 7.04. The fourth-order valence-electron chi connectivity index (χ4n) is 3.16. The van der Waals surface area contributed by atoms with Crippen molar-refractivity contribution in [2.75, 3.05) is 16.8 Å². The second-order valence-corrected chi connectivity index (χ2v) is 6.90. The fraction of sp³-hybridized carbons (Fsp3) is 0.400. The van der Waals surface area contributed by atoms with Crippen LogP contribution in [0, 0.1) is 5.92 Å². The first-order valence-electron chi connectivity index (χ1n) is 8.67. The Hall–Kier alpha value is -2.36. The van der Waals surface area contributed by atoms with Crippen LogP contribution in [0.3, 0.4) is 0 Å². The van der Waals surface area contributed by atoms with Crippen LogP contribution in [0.1, 0.15) is 43.2 Å². The van der Waals surface area contributed by atoms with Gasteiger partial charge in [0.15, 0.2) is 0 Å². The molecule has 1 atom stereocenters. The maximum absolute atomic E-state index is 13.0. The number of anilines is 2. The third-order valence-electron chi connectivity index (χ3n) is 4.46. The summed E-state index contributed by atoms with van der Waals surface area (Å²) >= 11 is 0. The van der Waals surface area contributed by atoms with Crippen LogP contribution in [0.15, 0.2) is 42.6 Å². The lowest BCUT2D eigenvalue weighted by Gasteiger charge is -2.22. The maximum Gasteiger partial charge on any atom is 0.277 e. The molecule has 126 valence electrons. The highest BCUT2D eigenvalue weighted by atomic mass is 16.2. The molecule has 1 amide bonds. The van der Waals surface area contributed by atoms with Gasteiger partial charge in [0, 0.05) is 30.2 Å². The van der Waals surface area contributed by atoms with Gasteiger partial charge in [-0.1, -0.05) is 32.0 Å². The third-order valence-corrected chi connectivity index (χ3v) is 4.46. The quantitative estimate of drug-likeness (QED) is 0.900. The Bertz CT molecular complexity index is 726. The van der Waals surface area contributed by atoms with Crippen molar-refractivity contribution in [2.24, 2.45) is 5.92 Å². The predicted molar refractivity (Wildman–Crippen MR) is 98.6 cm³/mol. The van der Waals surface area contributed by atoms with Crippen molar-refractivity contribution in [1.82, 2.24) is 4.98 Å². The number of hydrogen-bond acceptors (Lipinski definition) is 3. The van der Waals surface area contributed by atoms with Gasteiger partial charge >= 0.3 is 0 Å². The van der Waals surface area contributed by atoms with E-state index >= 15 is 0 Å².